The Balaban J connectivity index is 2.45. The summed E-state index contributed by atoms with van der Waals surface area (Å²) in [6.07, 6.45) is 0. The molecule has 1 heterocycles. The van der Waals surface area contributed by atoms with E-state index in [0.717, 1.165) is 0 Å². The van der Waals surface area contributed by atoms with Crippen LogP contribution in [0.25, 0.3) is 0 Å². The molecule has 0 unspecified atom stereocenters. The summed E-state index contributed by atoms with van der Waals surface area (Å²) in [4.78, 5) is 37.9. The summed E-state index contributed by atoms with van der Waals surface area (Å²) >= 11 is 1.99. The Morgan fingerprint density at radius 3 is 2.44 bits per heavy atom. The molecule has 2 rings (SSSR count). The summed E-state index contributed by atoms with van der Waals surface area (Å²) in [7, 11) is 3.90. The number of ether oxygens (including phenoxy) is 3. The number of hydrogen-bond acceptors (Lipinski definition) is 8. The molecule has 0 aliphatic carbocycles. The number of aliphatic hydroxyl groups is 1. The van der Waals surface area contributed by atoms with Crippen molar-refractivity contribution in [3.63, 3.8) is 0 Å². The normalized spacial score (nSPS) is 13.7. The van der Waals surface area contributed by atoms with Crippen LogP contribution in [0.1, 0.15) is 10.4 Å². The molecule has 27 heavy (non-hydrogen) atoms. The third-order valence-corrected chi connectivity index (χ3v) is 4.80. The smallest absolute Gasteiger partial charge is 0.341 e. The van der Waals surface area contributed by atoms with Crippen molar-refractivity contribution in [2.45, 2.75) is 0 Å². The summed E-state index contributed by atoms with van der Waals surface area (Å²) in [5.41, 5.74) is 0.913. The quantitative estimate of drug-likeness (QED) is 0.426. The van der Waals surface area contributed by atoms with E-state index in [4.69, 9.17) is 19.3 Å². The molecule has 0 radical (unpaired) electrons. The highest BCUT2D eigenvalue weighted by Crippen LogP contribution is 2.32. The lowest BCUT2D eigenvalue weighted by Crippen LogP contribution is -2.31. The fourth-order valence-corrected chi connectivity index (χ4v) is 3.17. The van der Waals surface area contributed by atoms with Crippen LogP contribution in [0.15, 0.2) is 23.4 Å². The van der Waals surface area contributed by atoms with Gasteiger partial charge in [-0.25, -0.2) is 9.59 Å². The lowest BCUT2D eigenvalue weighted by atomic mass is 10.1. The molecule has 1 aliphatic heterocycles. The third-order valence-electron chi connectivity index (χ3n) is 3.91. The van der Waals surface area contributed by atoms with E-state index in [-0.39, 0.29) is 42.3 Å². The van der Waals surface area contributed by atoms with Crippen molar-refractivity contribution in [3.8, 4) is 5.75 Å². The van der Waals surface area contributed by atoms with Crippen LogP contribution in [0.3, 0.4) is 0 Å². The lowest BCUT2D eigenvalue weighted by Gasteiger charge is -2.16. The molecule has 0 atom stereocenters. The third kappa shape index (κ3) is 4.33. The number of nitrogens with zero attached hydrogens (tertiary/aromatic N) is 1. The highest BCUT2D eigenvalue weighted by atomic mass is 127. The van der Waals surface area contributed by atoms with Crippen LogP contribution in [0.5, 0.6) is 5.75 Å². The highest BCUT2D eigenvalue weighted by molar-refractivity contribution is 14.1. The van der Waals surface area contributed by atoms with Crippen LogP contribution >= 0.6 is 22.6 Å². The van der Waals surface area contributed by atoms with Gasteiger partial charge in [-0.3, -0.25) is 4.79 Å². The standard InChI is InChI=1S/C17H19IN2O7/c1-25-13-7-12(11(18)6-9(13)16(23)26-2)19-14-10(17(24)27-3)8-20(4-5-21)15(14)22/h6-7,19,21H,4-5,8H2,1-3H3. The van der Waals surface area contributed by atoms with Crippen molar-refractivity contribution in [3.05, 3.63) is 32.5 Å². The number of halogens is 1. The molecule has 0 bridgehead atoms. The molecule has 9 nitrogen and oxygen atoms in total. The number of hydrogen-bond donors (Lipinski definition) is 2. The number of esters is 2. The maximum atomic E-state index is 12.6. The first-order valence-electron chi connectivity index (χ1n) is 7.82. The molecular weight excluding hydrogens is 471 g/mol. The second kappa shape index (κ2) is 9.04. The Morgan fingerprint density at radius 1 is 1.22 bits per heavy atom. The molecule has 1 amide bonds. The van der Waals surface area contributed by atoms with E-state index in [1.54, 1.807) is 6.07 Å². The Hall–Kier alpha value is -2.34. The van der Waals surface area contributed by atoms with Gasteiger partial charge >= 0.3 is 11.9 Å². The van der Waals surface area contributed by atoms with Gasteiger partial charge < -0.3 is 29.5 Å². The Bertz CT molecular complexity index is 807. The minimum absolute atomic E-state index is 0.0301. The van der Waals surface area contributed by atoms with E-state index in [1.165, 1.54) is 32.3 Å². The summed E-state index contributed by atoms with van der Waals surface area (Å²) in [6.45, 7) is -0.110. The van der Waals surface area contributed by atoms with Gasteiger partial charge in [0.15, 0.2) is 0 Å². The molecule has 0 fully saturated rings. The molecule has 0 saturated carbocycles. The summed E-state index contributed by atoms with van der Waals surface area (Å²) < 4.78 is 15.3. The fourth-order valence-electron chi connectivity index (χ4n) is 2.57. The van der Waals surface area contributed by atoms with Crippen LogP contribution in [-0.2, 0) is 19.1 Å². The van der Waals surface area contributed by atoms with E-state index >= 15 is 0 Å². The van der Waals surface area contributed by atoms with Crippen molar-refractivity contribution >= 4 is 46.1 Å². The van der Waals surface area contributed by atoms with Crippen LogP contribution in [0.2, 0.25) is 0 Å². The predicted octanol–water partition coefficient (Wildman–Crippen LogP) is 0.760. The van der Waals surface area contributed by atoms with Gasteiger partial charge in [0.1, 0.15) is 17.0 Å². The SMILES string of the molecule is COC(=O)C1=C(Nc2cc(OC)c(C(=O)OC)cc2I)C(=O)N(CCO)C1. The number of nitrogens with one attached hydrogen (secondary N) is 1. The second-order valence-corrected chi connectivity index (χ2v) is 6.61. The number of amides is 1. The van der Waals surface area contributed by atoms with E-state index in [9.17, 15) is 14.4 Å². The lowest BCUT2D eigenvalue weighted by molar-refractivity contribution is -0.136. The number of benzene rings is 1. The van der Waals surface area contributed by atoms with Crippen molar-refractivity contribution < 1.29 is 33.7 Å². The first-order valence-corrected chi connectivity index (χ1v) is 8.90. The average Bonchev–Trinajstić information content (AvgIpc) is 2.97. The largest absolute Gasteiger partial charge is 0.496 e. The maximum Gasteiger partial charge on any atom is 0.341 e. The van der Waals surface area contributed by atoms with E-state index in [2.05, 4.69) is 5.32 Å². The summed E-state index contributed by atoms with van der Waals surface area (Å²) in [6, 6.07) is 3.09. The molecule has 2 N–H and O–H groups in total. The highest BCUT2D eigenvalue weighted by Gasteiger charge is 2.35. The molecule has 146 valence electrons. The number of aliphatic hydroxyl groups excluding tert-OH is 1. The molecule has 1 aromatic rings. The fraction of sp³-hybridized carbons (Fsp3) is 0.353. The predicted molar refractivity (Wildman–Crippen MR) is 103 cm³/mol. The molecule has 1 aliphatic rings. The Kier molecular flexibility index (Phi) is 7.02. The summed E-state index contributed by atoms with van der Waals surface area (Å²) in [5.74, 6) is -1.38. The van der Waals surface area contributed by atoms with Crippen molar-refractivity contribution in [2.75, 3.05) is 46.3 Å². The van der Waals surface area contributed by atoms with Gasteiger partial charge in [-0.2, -0.15) is 0 Å². The van der Waals surface area contributed by atoms with Gasteiger partial charge in [0.25, 0.3) is 5.91 Å². The number of anilines is 1. The molecular formula is C17H19IN2O7. The molecule has 10 heteroatoms. The van der Waals surface area contributed by atoms with Crippen LogP contribution in [0, 0.1) is 3.57 Å². The minimum Gasteiger partial charge on any atom is -0.496 e. The average molecular weight is 490 g/mol. The van der Waals surface area contributed by atoms with Gasteiger partial charge in [-0.1, -0.05) is 0 Å². The molecule has 1 aromatic carbocycles. The number of methoxy groups -OCH3 is 3. The van der Waals surface area contributed by atoms with Gasteiger partial charge in [-0.15, -0.1) is 0 Å². The first kappa shape index (κ1) is 21.0. The zero-order chi connectivity index (χ0) is 20.1. The second-order valence-electron chi connectivity index (χ2n) is 5.44. The minimum atomic E-state index is -0.639. The topological polar surface area (TPSA) is 114 Å². The number of carbonyl (C=O) groups excluding carboxylic acids is 3. The number of carbonyl (C=O) groups is 3. The van der Waals surface area contributed by atoms with Crippen molar-refractivity contribution in [2.24, 2.45) is 0 Å². The number of β-amino-alcohol motifs (C(OH)–C–C–N with tert-alkyl or cyclic N) is 1. The van der Waals surface area contributed by atoms with E-state index in [0.29, 0.717) is 9.26 Å². The van der Waals surface area contributed by atoms with Gasteiger partial charge in [0.05, 0.1) is 45.7 Å². The Morgan fingerprint density at radius 2 is 1.89 bits per heavy atom. The van der Waals surface area contributed by atoms with Gasteiger partial charge in [-0.05, 0) is 28.7 Å². The van der Waals surface area contributed by atoms with E-state index < -0.39 is 17.8 Å². The number of rotatable bonds is 7. The first-order chi connectivity index (χ1) is 12.9. The zero-order valence-corrected chi connectivity index (χ0v) is 17.2. The maximum absolute atomic E-state index is 12.6. The molecule has 0 aromatic heterocycles. The molecule has 0 saturated heterocycles. The molecule has 0 spiro atoms. The van der Waals surface area contributed by atoms with Gasteiger partial charge in [0.2, 0.25) is 0 Å². The van der Waals surface area contributed by atoms with Crippen molar-refractivity contribution in [1.82, 2.24) is 4.90 Å². The Labute approximate surface area is 169 Å². The van der Waals surface area contributed by atoms with Gasteiger partial charge in [0, 0.05) is 16.2 Å². The van der Waals surface area contributed by atoms with Crippen LogP contribution in [-0.4, -0.2) is 68.9 Å². The van der Waals surface area contributed by atoms with E-state index in [1.807, 2.05) is 22.6 Å². The summed E-state index contributed by atoms with van der Waals surface area (Å²) in [5, 5.41) is 12.0. The van der Waals surface area contributed by atoms with Crippen molar-refractivity contribution in [1.29, 1.82) is 0 Å². The monoisotopic (exact) mass is 490 g/mol. The zero-order valence-electron chi connectivity index (χ0n) is 15.0. The van der Waals surface area contributed by atoms with Crippen LogP contribution in [0.4, 0.5) is 5.69 Å². The van der Waals surface area contributed by atoms with Crippen LogP contribution < -0.4 is 10.1 Å².